The number of rotatable bonds is 1. The lowest BCUT2D eigenvalue weighted by atomic mass is 10.0. The van der Waals surface area contributed by atoms with E-state index in [1.54, 1.807) is 25.1 Å². The Balaban J connectivity index is 0.00000144. The number of hydrogen-bond acceptors (Lipinski definition) is 3. The minimum Gasteiger partial charge on any atom is -0.506 e. The molecule has 0 amide bonds. The van der Waals surface area contributed by atoms with Gasteiger partial charge < -0.3 is 10.8 Å². The van der Waals surface area contributed by atoms with Crippen LogP contribution in [0.4, 0.5) is 0 Å². The van der Waals surface area contributed by atoms with Gasteiger partial charge in [-0.3, -0.25) is 0 Å². The molecule has 1 aromatic carbocycles. The first-order chi connectivity index (χ1) is 5.66. The molecule has 3 nitrogen and oxygen atoms in total. The topological polar surface area (TPSA) is 70.0 Å². The van der Waals surface area contributed by atoms with Crippen molar-refractivity contribution in [2.45, 2.75) is 13.0 Å². The Hall–Kier alpha value is -1.24. The number of phenols is 1. The summed E-state index contributed by atoms with van der Waals surface area (Å²) in [6, 6.07) is 6.60. The molecule has 0 aliphatic carbocycles. The third-order valence-corrected chi connectivity index (χ3v) is 1.68. The van der Waals surface area contributed by atoms with E-state index in [2.05, 4.69) is 0 Å². The Morgan fingerprint density at radius 2 is 2.15 bits per heavy atom. The van der Waals surface area contributed by atoms with Crippen molar-refractivity contribution in [1.82, 2.24) is 0 Å². The van der Waals surface area contributed by atoms with Gasteiger partial charge in [-0.05, 0) is 13.0 Å². The smallest absolute Gasteiger partial charge is 0.138 e. The van der Waals surface area contributed by atoms with Crippen LogP contribution in [0.1, 0.15) is 24.1 Å². The van der Waals surface area contributed by atoms with E-state index in [-0.39, 0.29) is 29.8 Å². The van der Waals surface area contributed by atoms with Gasteiger partial charge in [0.2, 0.25) is 0 Å². The number of halogens is 1. The van der Waals surface area contributed by atoms with Crippen LogP contribution in [-0.2, 0) is 0 Å². The summed E-state index contributed by atoms with van der Waals surface area (Å²) >= 11 is 0. The van der Waals surface area contributed by atoms with E-state index in [1.807, 2.05) is 6.07 Å². The zero-order chi connectivity index (χ0) is 9.14. The van der Waals surface area contributed by atoms with E-state index < -0.39 is 0 Å². The van der Waals surface area contributed by atoms with Crippen molar-refractivity contribution in [2.75, 3.05) is 0 Å². The maximum atomic E-state index is 9.46. The maximum absolute atomic E-state index is 9.46. The third-order valence-electron chi connectivity index (χ3n) is 1.68. The first-order valence-electron chi connectivity index (χ1n) is 3.64. The molecule has 0 bridgehead atoms. The number of nitriles is 1. The molecular formula is C9H11ClN2O. The normalized spacial score (nSPS) is 11.2. The van der Waals surface area contributed by atoms with Crippen molar-refractivity contribution in [1.29, 1.82) is 5.26 Å². The minimum absolute atomic E-state index is 0. The summed E-state index contributed by atoms with van der Waals surface area (Å²) in [6.07, 6.45) is 0. The number of nitrogens with zero attached hydrogens (tertiary/aromatic N) is 1. The van der Waals surface area contributed by atoms with Gasteiger partial charge in [-0.25, -0.2) is 0 Å². The number of aromatic hydroxyl groups is 1. The fraction of sp³-hybridized carbons (Fsp3) is 0.222. The number of benzene rings is 1. The van der Waals surface area contributed by atoms with Crippen LogP contribution >= 0.6 is 12.4 Å². The lowest BCUT2D eigenvalue weighted by Crippen LogP contribution is -2.05. The highest BCUT2D eigenvalue weighted by Gasteiger charge is 2.08. The molecule has 0 heterocycles. The molecule has 0 aliphatic rings. The average molecular weight is 199 g/mol. The number of nitrogens with two attached hydrogens (primary N) is 1. The molecule has 4 heteroatoms. The molecule has 0 unspecified atom stereocenters. The van der Waals surface area contributed by atoms with Gasteiger partial charge in [0.25, 0.3) is 0 Å². The molecule has 1 rings (SSSR count). The van der Waals surface area contributed by atoms with Gasteiger partial charge in [-0.2, -0.15) is 5.26 Å². The SMILES string of the molecule is C[C@@H](N)c1cccc(C#N)c1O.Cl. The second-order valence-electron chi connectivity index (χ2n) is 2.64. The molecule has 70 valence electrons. The highest BCUT2D eigenvalue weighted by molar-refractivity contribution is 5.85. The molecule has 0 saturated heterocycles. The van der Waals surface area contributed by atoms with Crippen molar-refractivity contribution >= 4 is 12.4 Å². The standard InChI is InChI=1S/C9H10N2O.ClH/c1-6(11)8-4-2-3-7(5-10)9(8)12;/h2-4,6,12H,11H2,1H3;1H/t6-;/m1./s1. The molecule has 3 N–H and O–H groups in total. The first-order valence-corrected chi connectivity index (χ1v) is 3.64. The summed E-state index contributed by atoms with van der Waals surface area (Å²) in [5, 5.41) is 18.0. The van der Waals surface area contributed by atoms with Crippen molar-refractivity contribution in [3.63, 3.8) is 0 Å². The van der Waals surface area contributed by atoms with Gasteiger partial charge in [0.1, 0.15) is 11.8 Å². The van der Waals surface area contributed by atoms with Crippen LogP contribution in [0.3, 0.4) is 0 Å². The largest absolute Gasteiger partial charge is 0.506 e. The van der Waals surface area contributed by atoms with Crippen molar-refractivity contribution < 1.29 is 5.11 Å². The zero-order valence-corrected chi connectivity index (χ0v) is 8.01. The highest BCUT2D eigenvalue weighted by Crippen LogP contribution is 2.25. The predicted molar refractivity (Wildman–Crippen MR) is 52.7 cm³/mol. The van der Waals surface area contributed by atoms with E-state index in [0.29, 0.717) is 5.56 Å². The molecule has 0 spiro atoms. The lowest BCUT2D eigenvalue weighted by molar-refractivity contribution is 0.462. The second kappa shape index (κ2) is 4.70. The van der Waals surface area contributed by atoms with Crippen molar-refractivity contribution in [3.8, 4) is 11.8 Å². The number of hydrogen-bond donors (Lipinski definition) is 2. The predicted octanol–water partition coefficient (Wildman–Crippen LogP) is 1.71. The van der Waals surface area contributed by atoms with Crippen LogP contribution in [0.2, 0.25) is 0 Å². The van der Waals surface area contributed by atoms with Crippen LogP contribution in [0.25, 0.3) is 0 Å². The first kappa shape index (κ1) is 11.8. The Bertz CT molecular complexity index is 331. The molecule has 13 heavy (non-hydrogen) atoms. The van der Waals surface area contributed by atoms with Gasteiger partial charge in [0.05, 0.1) is 5.56 Å². The monoisotopic (exact) mass is 198 g/mol. The van der Waals surface area contributed by atoms with E-state index >= 15 is 0 Å². The molecule has 0 aromatic heterocycles. The Kier molecular flexibility index (Phi) is 4.26. The quantitative estimate of drug-likeness (QED) is 0.722. The van der Waals surface area contributed by atoms with E-state index in [4.69, 9.17) is 11.0 Å². The van der Waals surface area contributed by atoms with Crippen LogP contribution in [0, 0.1) is 11.3 Å². The molecular weight excluding hydrogens is 188 g/mol. The second-order valence-corrected chi connectivity index (χ2v) is 2.64. The van der Waals surface area contributed by atoms with Crippen LogP contribution in [-0.4, -0.2) is 5.11 Å². The van der Waals surface area contributed by atoms with Crippen LogP contribution in [0.5, 0.6) is 5.75 Å². The Morgan fingerprint density at radius 3 is 2.62 bits per heavy atom. The molecule has 1 atom stereocenters. The summed E-state index contributed by atoms with van der Waals surface area (Å²) in [6.45, 7) is 1.76. The van der Waals surface area contributed by atoms with Gasteiger partial charge in [-0.1, -0.05) is 12.1 Å². The fourth-order valence-electron chi connectivity index (χ4n) is 1.02. The van der Waals surface area contributed by atoms with Gasteiger partial charge in [0.15, 0.2) is 0 Å². The Morgan fingerprint density at radius 1 is 1.54 bits per heavy atom. The molecule has 0 fully saturated rings. The van der Waals surface area contributed by atoms with Gasteiger partial charge >= 0.3 is 0 Å². The van der Waals surface area contributed by atoms with Gasteiger partial charge in [0, 0.05) is 11.6 Å². The molecule has 1 aromatic rings. The average Bonchev–Trinajstić information content (AvgIpc) is 2.04. The Labute approximate surface area is 83.2 Å². The molecule has 0 aliphatic heterocycles. The third kappa shape index (κ3) is 2.35. The van der Waals surface area contributed by atoms with Crippen molar-refractivity contribution in [3.05, 3.63) is 29.3 Å². The minimum atomic E-state index is -0.252. The lowest BCUT2D eigenvalue weighted by Gasteiger charge is -2.08. The zero-order valence-electron chi connectivity index (χ0n) is 7.19. The summed E-state index contributed by atoms with van der Waals surface area (Å²) < 4.78 is 0. The van der Waals surface area contributed by atoms with E-state index in [1.165, 1.54) is 0 Å². The molecule has 0 radical (unpaired) electrons. The fourth-order valence-corrected chi connectivity index (χ4v) is 1.02. The highest BCUT2D eigenvalue weighted by atomic mass is 35.5. The summed E-state index contributed by atoms with van der Waals surface area (Å²) in [5.41, 5.74) is 6.44. The van der Waals surface area contributed by atoms with Crippen LogP contribution < -0.4 is 5.73 Å². The summed E-state index contributed by atoms with van der Waals surface area (Å²) in [7, 11) is 0. The van der Waals surface area contributed by atoms with Gasteiger partial charge in [-0.15, -0.1) is 12.4 Å². The number of para-hydroxylation sites is 1. The summed E-state index contributed by atoms with van der Waals surface area (Å²) in [5.74, 6) is -0.00463. The van der Waals surface area contributed by atoms with Crippen molar-refractivity contribution in [2.24, 2.45) is 5.73 Å². The van der Waals surface area contributed by atoms with E-state index in [9.17, 15) is 5.11 Å². The number of phenolic OH excluding ortho intramolecular Hbond substituents is 1. The van der Waals surface area contributed by atoms with Crippen LogP contribution in [0.15, 0.2) is 18.2 Å². The maximum Gasteiger partial charge on any atom is 0.138 e. The molecule has 0 saturated carbocycles. The van der Waals surface area contributed by atoms with E-state index in [0.717, 1.165) is 0 Å². The summed E-state index contributed by atoms with van der Waals surface area (Å²) in [4.78, 5) is 0.